The molecular weight excluding hydrogens is 486 g/mol. The fourth-order valence-electron chi connectivity index (χ4n) is 2.55. The average Bonchev–Trinajstić information content (AvgIpc) is 2.94. The summed E-state index contributed by atoms with van der Waals surface area (Å²) in [5, 5.41) is 2.98. The first-order valence-electron chi connectivity index (χ1n) is 8.10. The maximum Gasteiger partial charge on any atom is 0.573 e. The lowest BCUT2D eigenvalue weighted by Gasteiger charge is -2.09. The number of benzene rings is 2. The highest BCUT2D eigenvalue weighted by molar-refractivity contribution is 14.0. The summed E-state index contributed by atoms with van der Waals surface area (Å²) in [6.45, 7) is 0.631. The molecule has 3 N–H and O–H groups in total. The molecule has 3 aromatic rings. The molecule has 0 unspecified atom stereocenters. The lowest BCUT2D eigenvalue weighted by atomic mass is 10.2. The lowest BCUT2D eigenvalue weighted by Crippen LogP contribution is -2.32. The van der Waals surface area contributed by atoms with E-state index in [1.807, 2.05) is 35.9 Å². The number of nitrogens with zero attached hydrogens (tertiary/aromatic N) is 3. The van der Waals surface area contributed by atoms with Gasteiger partial charge in [0.25, 0.3) is 0 Å². The van der Waals surface area contributed by atoms with E-state index in [1.165, 1.54) is 24.3 Å². The van der Waals surface area contributed by atoms with Crippen molar-refractivity contribution >= 4 is 41.0 Å². The number of hydrogen-bond acceptors (Lipinski definition) is 3. The third-order valence-electron chi connectivity index (χ3n) is 3.90. The molecular formula is C18H19F3IN5O. The van der Waals surface area contributed by atoms with Crippen LogP contribution in [0, 0.1) is 0 Å². The van der Waals surface area contributed by atoms with Crippen molar-refractivity contribution in [2.75, 3.05) is 0 Å². The van der Waals surface area contributed by atoms with Crippen LogP contribution in [0.1, 0.15) is 11.4 Å². The predicted molar refractivity (Wildman–Crippen MR) is 111 cm³/mol. The summed E-state index contributed by atoms with van der Waals surface area (Å²) in [7, 11) is 1.92. The smallest absolute Gasteiger partial charge is 0.406 e. The molecule has 10 heteroatoms. The second-order valence-corrected chi connectivity index (χ2v) is 5.82. The van der Waals surface area contributed by atoms with Gasteiger partial charge in [0.05, 0.1) is 24.1 Å². The van der Waals surface area contributed by atoms with Crippen molar-refractivity contribution < 1.29 is 17.9 Å². The van der Waals surface area contributed by atoms with Crippen LogP contribution in [0.3, 0.4) is 0 Å². The van der Waals surface area contributed by atoms with Crippen molar-refractivity contribution in [2.45, 2.75) is 19.5 Å². The Hall–Kier alpha value is -2.50. The highest BCUT2D eigenvalue weighted by Crippen LogP contribution is 2.22. The van der Waals surface area contributed by atoms with E-state index in [2.05, 4.69) is 20.0 Å². The summed E-state index contributed by atoms with van der Waals surface area (Å²) in [6, 6.07) is 13.3. The van der Waals surface area contributed by atoms with Crippen molar-refractivity contribution in [1.82, 2.24) is 14.9 Å². The quantitative estimate of drug-likeness (QED) is 0.315. The molecule has 3 rings (SSSR count). The number of aromatic nitrogens is 2. The fraction of sp³-hybridized carbons (Fsp3) is 0.222. The van der Waals surface area contributed by atoms with Gasteiger partial charge < -0.3 is 20.4 Å². The SMILES string of the molecule is Cn1c(CNC(N)=NCc2ccc(OC(F)(F)F)cc2)nc2ccccc21.I. The normalized spacial score (nSPS) is 11.9. The first-order chi connectivity index (χ1) is 12.8. The second kappa shape index (κ2) is 9.13. The standard InChI is InChI=1S/C18H18F3N5O.HI/c1-26-15-5-3-2-4-14(15)25-16(26)11-24-17(22)23-10-12-6-8-13(9-7-12)27-18(19,20)21;/h2-9H,10-11H2,1H3,(H3,22,23,24);1H. The van der Waals surface area contributed by atoms with Gasteiger partial charge in [-0.3, -0.25) is 0 Å². The number of nitrogens with two attached hydrogens (primary N) is 1. The number of rotatable bonds is 5. The van der Waals surface area contributed by atoms with E-state index in [1.54, 1.807) is 0 Å². The Kier molecular flexibility index (Phi) is 7.11. The summed E-state index contributed by atoms with van der Waals surface area (Å²) in [5.41, 5.74) is 8.48. The van der Waals surface area contributed by atoms with Gasteiger partial charge >= 0.3 is 6.36 Å². The molecule has 0 radical (unpaired) electrons. The van der Waals surface area contributed by atoms with Crippen molar-refractivity contribution in [3.05, 3.63) is 59.9 Å². The molecule has 150 valence electrons. The van der Waals surface area contributed by atoms with Crippen LogP contribution in [-0.2, 0) is 20.1 Å². The van der Waals surface area contributed by atoms with E-state index in [-0.39, 0.29) is 42.2 Å². The average molecular weight is 505 g/mol. The van der Waals surface area contributed by atoms with Gasteiger partial charge in [0.2, 0.25) is 0 Å². The molecule has 0 fully saturated rings. The largest absolute Gasteiger partial charge is 0.573 e. The van der Waals surface area contributed by atoms with Gasteiger partial charge in [0, 0.05) is 7.05 Å². The van der Waals surface area contributed by atoms with Gasteiger partial charge in [-0.05, 0) is 29.8 Å². The number of fused-ring (bicyclic) bond motifs is 1. The molecule has 0 saturated carbocycles. The Morgan fingerprint density at radius 3 is 2.50 bits per heavy atom. The summed E-state index contributed by atoms with van der Waals surface area (Å²) < 4.78 is 42.2. The first kappa shape index (κ1) is 21.8. The summed E-state index contributed by atoms with van der Waals surface area (Å²) in [5.74, 6) is 0.754. The Bertz CT molecular complexity index is 954. The number of hydrogen-bond donors (Lipinski definition) is 2. The third-order valence-corrected chi connectivity index (χ3v) is 3.90. The van der Waals surface area contributed by atoms with E-state index < -0.39 is 6.36 Å². The van der Waals surface area contributed by atoms with Crippen molar-refractivity contribution in [1.29, 1.82) is 0 Å². The topological polar surface area (TPSA) is 77.5 Å². The molecule has 0 aliphatic carbocycles. The fourth-order valence-corrected chi connectivity index (χ4v) is 2.55. The van der Waals surface area contributed by atoms with Crippen LogP contribution in [-0.4, -0.2) is 21.9 Å². The van der Waals surface area contributed by atoms with Crippen LogP contribution in [0.4, 0.5) is 13.2 Å². The highest BCUT2D eigenvalue weighted by atomic mass is 127. The molecule has 6 nitrogen and oxygen atoms in total. The number of aliphatic imine (C=N–C) groups is 1. The van der Waals surface area contributed by atoms with Crippen LogP contribution in [0.2, 0.25) is 0 Å². The van der Waals surface area contributed by atoms with E-state index in [4.69, 9.17) is 5.73 Å². The summed E-state index contributed by atoms with van der Waals surface area (Å²) >= 11 is 0. The number of imidazole rings is 1. The molecule has 2 aromatic carbocycles. The Labute approximate surface area is 176 Å². The molecule has 0 spiro atoms. The molecule has 0 amide bonds. The van der Waals surface area contributed by atoms with Crippen LogP contribution >= 0.6 is 24.0 Å². The van der Waals surface area contributed by atoms with Crippen LogP contribution in [0.25, 0.3) is 11.0 Å². The van der Waals surface area contributed by atoms with Gasteiger partial charge in [-0.1, -0.05) is 24.3 Å². The Morgan fingerprint density at radius 1 is 1.18 bits per heavy atom. The molecule has 0 saturated heterocycles. The van der Waals surface area contributed by atoms with Gasteiger partial charge in [0.15, 0.2) is 5.96 Å². The number of aryl methyl sites for hydroxylation is 1. The molecule has 28 heavy (non-hydrogen) atoms. The van der Waals surface area contributed by atoms with E-state index in [0.717, 1.165) is 16.9 Å². The number of alkyl halides is 3. The molecule has 0 aliphatic rings. The van der Waals surface area contributed by atoms with Gasteiger partial charge in [-0.15, -0.1) is 37.1 Å². The van der Waals surface area contributed by atoms with Crippen molar-refractivity contribution in [3.8, 4) is 5.75 Å². The number of nitrogens with one attached hydrogen (secondary N) is 1. The molecule has 0 bridgehead atoms. The minimum atomic E-state index is -4.70. The van der Waals surface area contributed by atoms with Crippen LogP contribution in [0.5, 0.6) is 5.75 Å². The van der Waals surface area contributed by atoms with Gasteiger partial charge in [-0.25, -0.2) is 9.98 Å². The third kappa shape index (κ3) is 5.75. The maximum atomic E-state index is 12.1. The van der Waals surface area contributed by atoms with E-state index in [9.17, 15) is 13.2 Å². The molecule has 1 heterocycles. The monoisotopic (exact) mass is 505 g/mol. The Morgan fingerprint density at radius 2 is 1.86 bits per heavy atom. The Balaban J connectivity index is 0.00000280. The van der Waals surface area contributed by atoms with E-state index >= 15 is 0 Å². The lowest BCUT2D eigenvalue weighted by molar-refractivity contribution is -0.274. The van der Waals surface area contributed by atoms with Crippen molar-refractivity contribution in [2.24, 2.45) is 17.8 Å². The molecule has 0 aliphatic heterocycles. The zero-order chi connectivity index (χ0) is 19.4. The highest BCUT2D eigenvalue weighted by Gasteiger charge is 2.30. The van der Waals surface area contributed by atoms with Crippen molar-refractivity contribution in [3.63, 3.8) is 0 Å². The van der Waals surface area contributed by atoms with Gasteiger partial charge in [0.1, 0.15) is 11.6 Å². The zero-order valence-electron chi connectivity index (χ0n) is 14.9. The number of para-hydroxylation sites is 2. The first-order valence-corrected chi connectivity index (χ1v) is 8.10. The molecule has 0 atom stereocenters. The summed E-state index contributed by atoms with van der Waals surface area (Å²) in [6.07, 6.45) is -4.70. The van der Waals surface area contributed by atoms with Gasteiger partial charge in [-0.2, -0.15) is 0 Å². The van der Waals surface area contributed by atoms with Crippen LogP contribution < -0.4 is 15.8 Å². The minimum Gasteiger partial charge on any atom is -0.406 e. The molecule has 1 aromatic heterocycles. The zero-order valence-corrected chi connectivity index (χ0v) is 17.2. The minimum absolute atomic E-state index is 0. The number of ether oxygens (including phenoxy) is 1. The predicted octanol–water partition coefficient (Wildman–Crippen LogP) is 3.69. The maximum absolute atomic E-state index is 12.1. The summed E-state index contributed by atoms with van der Waals surface area (Å²) in [4.78, 5) is 8.71. The number of halogens is 4. The second-order valence-electron chi connectivity index (χ2n) is 5.82. The number of guanidine groups is 1. The van der Waals surface area contributed by atoms with E-state index in [0.29, 0.717) is 12.1 Å². The van der Waals surface area contributed by atoms with Crippen LogP contribution in [0.15, 0.2) is 53.5 Å².